The number of amides is 1. The van der Waals surface area contributed by atoms with Crippen LogP contribution in [0.5, 0.6) is 0 Å². The van der Waals surface area contributed by atoms with Gasteiger partial charge in [-0.3, -0.25) is 10.5 Å². The van der Waals surface area contributed by atoms with Crippen LogP contribution in [-0.4, -0.2) is 22.6 Å². The van der Waals surface area contributed by atoms with Gasteiger partial charge in [-0.1, -0.05) is 79.1 Å². The first-order valence-electron chi connectivity index (χ1n) is 10.6. The summed E-state index contributed by atoms with van der Waals surface area (Å²) in [7, 11) is 0. The molecular weight excluding hydrogens is 328 g/mol. The molecule has 0 aromatic rings. The van der Waals surface area contributed by atoms with E-state index in [-0.39, 0.29) is 11.8 Å². The van der Waals surface area contributed by atoms with Crippen molar-refractivity contribution < 1.29 is 14.7 Å². The summed E-state index contributed by atoms with van der Waals surface area (Å²) in [5.41, 5.74) is 4.04. The molecule has 5 heteroatoms. The van der Waals surface area contributed by atoms with E-state index in [2.05, 4.69) is 33.0 Å². The minimum Gasteiger partial charge on any atom is -0.479 e. The predicted octanol–water partition coefficient (Wildman–Crippen LogP) is 4.69. The fraction of sp³-hybridized carbons (Fsp3) is 0.905. The molecule has 0 bridgehead atoms. The van der Waals surface area contributed by atoms with Crippen LogP contribution >= 0.6 is 0 Å². The summed E-state index contributed by atoms with van der Waals surface area (Å²) in [6, 6.07) is 0. The lowest BCUT2D eigenvalue weighted by atomic mass is 9.81. The Morgan fingerprint density at radius 1 is 0.962 bits per heavy atom. The number of carboxylic acid groups (broad SMARTS) is 1. The molecule has 0 aromatic carbocycles. The molecular formula is C21H42N2O3. The monoisotopic (exact) mass is 370 g/mol. The zero-order valence-corrected chi connectivity index (χ0v) is 17.6. The average molecular weight is 371 g/mol. The van der Waals surface area contributed by atoms with Crippen molar-refractivity contribution in [2.75, 3.05) is 0 Å². The number of hydrogen-bond donors (Lipinski definition) is 3. The fourth-order valence-corrected chi connectivity index (χ4v) is 3.49. The molecule has 154 valence electrons. The summed E-state index contributed by atoms with van der Waals surface area (Å²) in [4.78, 5) is 24.1. The van der Waals surface area contributed by atoms with Gasteiger partial charge >= 0.3 is 5.97 Å². The number of hydrogen-bond acceptors (Lipinski definition) is 3. The first kappa shape index (κ1) is 24.9. The maximum Gasteiger partial charge on any atom is 0.344 e. The lowest BCUT2D eigenvalue weighted by Crippen LogP contribution is -2.60. The number of nitrogens with one attached hydrogen (secondary N) is 1. The third-order valence-electron chi connectivity index (χ3n) is 5.52. The molecule has 0 aliphatic heterocycles. The minimum atomic E-state index is -1.72. The Morgan fingerprint density at radius 2 is 1.38 bits per heavy atom. The van der Waals surface area contributed by atoms with Gasteiger partial charge in [0.05, 0.1) is 0 Å². The van der Waals surface area contributed by atoms with Crippen molar-refractivity contribution in [2.24, 2.45) is 23.5 Å². The highest BCUT2D eigenvalue weighted by molar-refractivity contribution is 5.87. The van der Waals surface area contributed by atoms with E-state index in [1.54, 1.807) is 0 Å². The van der Waals surface area contributed by atoms with Gasteiger partial charge in [0, 0.05) is 5.92 Å². The second-order valence-electron chi connectivity index (χ2n) is 8.00. The number of carboxylic acids is 1. The Balaban J connectivity index is 5.17. The summed E-state index contributed by atoms with van der Waals surface area (Å²) in [5.74, 6) is -0.574. The van der Waals surface area contributed by atoms with E-state index >= 15 is 0 Å². The Kier molecular flexibility index (Phi) is 12.6. The summed E-state index contributed by atoms with van der Waals surface area (Å²) < 4.78 is 0. The summed E-state index contributed by atoms with van der Waals surface area (Å²) in [6.45, 7) is 10.1. The first-order chi connectivity index (χ1) is 12.2. The molecule has 0 spiro atoms. The van der Waals surface area contributed by atoms with Gasteiger partial charge in [0.2, 0.25) is 5.91 Å². The van der Waals surface area contributed by atoms with Gasteiger partial charge in [0.25, 0.3) is 0 Å². The van der Waals surface area contributed by atoms with Gasteiger partial charge in [0.15, 0.2) is 5.66 Å². The smallest absolute Gasteiger partial charge is 0.344 e. The molecule has 0 saturated carbocycles. The van der Waals surface area contributed by atoms with Crippen molar-refractivity contribution in [1.29, 1.82) is 0 Å². The van der Waals surface area contributed by atoms with Gasteiger partial charge < -0.3 is 10.4 Å². The lowest BCUT2D eigenvalue weighted by Gasteiger charge is -2.29. The first-order valence-corrected chi connectivity index (χ1v) is 10.6. The molecule has 0 aliphatic carbocycles. The standard InChI is InChI=1S/C21H42N2O3/c1-6-10-12-16(8-3)14-18(15-17(9-4)13-11-7-2)19(24)23-21(5,22)20(25)26/h16-18H,6-15,22H2,1-5H3,(H,23,24)(H,25,26). The normalized spacial score (nSPS) is 17.2. The second-order valence-corrected chi connectivity index (χ2v) is 8.00. The number of nitrogens with two attached hydrogens (primary N) is 1. The number of unbranched alkanes of at least 4 members (excludes halogenated alkanes) is 2. The third-order valence-corrected chi connectivity index (χ3v) is 5.52. The zero-order valence-electron chi connectivity index (χ0n) is 17.6. The number of carbonyl (C=O) groups excluding carboxylic acids is 1. The predicted molar refractivity (Wildman–Crippen MR) is 108 cm³/mol. The molecule has 5 nitrogen and oxygen atoms in total. The van der Waals surface area contributed by atoms with E-state index in [0.29, 0.717) is 11.8 Å². The second kappa shape index (κ2) is 13.1. The zero-order chi connectivity index (χ0) is 20.2. The molecule has 0 heterocycles. The van der Waals surface area contributed by atoms with Crippen molar-refractivity contribution in [2.45, 2.75) is 104 Å². The van der Waals surface area contributed by atoms with E-state index in [0.717, 1.165) is 51.4 Å². The van der Waals surface area contributed by atoms with Gasteiger partial charge in [0.1, 0.15) is 0 Å². The van der Waals surface area contributed by atoms with Crippen molar-refractivity contribution in [1.82, 2.24) is 5.32 Å². The molecule has 0 aromatic heterocycles. The minimum absolute atomic E-state index is 0.166. The number of carbonyl (C=O) groups is 2. The highest BCUT2D eigenvalue weighted by Gasteiger charge is 2.34. The Morgan fingerprint density at radius 3 is 1.69 bits per heavy atom. The van der Waals surface area contributed by atoms with E-state index < -0.39 is 11.6 Å². The fourth-order valence-electron chi connectivity index (χ4n) is 3.49. The summed E-state index contributed by atoms with van der Waals surface area (Å²) in [5, 5.41) is 11.8. The van der Waals surface area contributed by atoms with E-state index in [9.17, 15) is 14.7 Å². The molecule has 0 rings (SSSR count). The molecule has 3 unspecified atom stereocenters. The van der Waals surface area contributed by atoms with Crippen molar-refractivity contribution in [3.05, 3.63) is 0 Å². The van der Waals surface area contributed by atoms with Crippen LogP contribution in [-0.2, 0) is 9.59 Å². The van der Waals surface area contributed by atoms with E-state index in [4.69, 9.17) is 5.73 Å². The Labute approximate surface area is 160 Å². The van der Waals surface area contributed by atoms with Gasteiger partial charge in [-0.15, -0.1) is 0 Å². The molecule has 0 radical (unpaired) electrons. The van der Waals surface area contributed by atoms with Gasteiger partial charge in [-0.2, -0.15) is 0 Å². The highest BCUT2D eigenvalue weighted by Crippen LogP contribution is 2.29. The van der Waals surface area contributed by atoms with E-state index in [1.807, 2.05) is 0 Å². The van der Waals surface area contributed by atoms with E-state index in [1.165, 1.54) is 19.8 Å². The molecule has 1 amide bonds. The number of aliphatic carboxylic acids is 1. The molecule has 26 heavy (non-hydrogen) atoms. The van der Waals surface area contributed by atoms with Crippen molar-refractivity contribution in [3.63, 3.8) is 0 Å². The van der Waals surface area contributed by atoms with Crippen LogP contribution in [0, 0.1) is 17.8 Å². The molecule has 3 atom stereocenters. The molecule has 0 aliphatic rings. The SMILES string of the molecule is CCCCC(CC)CC(CC(CC)CCCC)C(=O)NC(C)(N)C(=O)O. The summed E-state index contributed by atoms with van der Waals surface area (Å²) >= 11 is 0. The van der Waals surface area contributed by atoms with Gasteiger partial charge in [-0.05, 0) is 31.6 Å². The quantitative estimate of drug-likeness (QED) is 0.365. The van der Waals surface area contributed by atoms with Crippen LogP contribution in [0.15, 0.2) is 0 Å². The highest BCUT2D eigenvalue weighted by atomic mass is 16.4. The van der Waals surface area contributed by atoms with Gasteiger partial charge in [-0.25, -0.2) is 4.79 Å². The van der Waals surface area contributed by atoms with Crippen LogP contribution in [0.1, 0.15) is 98.8 Å². The third kappa shape index (κ3) is 9.56. The summed E-state index contributed by atoms with van der Waals surface area (Å²) in [6.07, 6.45) is 10.6. The van der Waals surface area contributed by atoms with Crippen LogP contribution in [0.3, 0.4) is 0 Å². The van der Waals surface area contributed by atoms with Crippen LogP contribution in [0.4, 0.5) is 0 Å². The number of rotatable bonds is 15. The lowest BCUT2D eigenvalue weighted by molar-refractivity contribution is -0.147. The van der Waals surface area contributed by atoms with Crippen LogP contribution in [0.25, 0.3) is 0 Å². The van der Waals surface area contributed by atoms with Crippen molar-refractivity contribution >= 4 is 11.9 Å². The Hall–Kier alpha value is -1.10. The largest absolute Gasteiger partial charge is 0.479 e. The average Bonchev–Trinajstić information content (AvgIpc) is 2.59. The maximum absolute atomic E-state index is 12.9. The Bertz CT molecular complexity index is 392. The molecule has 0 saturated heterocycles. The van der Waals surface area contributed by atoms with Crippen molar-refractivity contribution in [3.8, 4) is 0 Å². The molecule has 4 N–H and O–H groups in total. The van der Waals surface area contributed by atoms with Crippen LogP contribution in [0.2, 0.25) is 0 Å². The topological polar surface area (TPSA) is 92.4 Å². The maximum atomic E-state index is 12.9. The molecule has 0 fully saturated rings. The van der Waals surface area contributed by atoms with Crippen LogP contribution < -0.4 is 11.1 Å².